The fourth-order valence-electron chi connectivity index (χ4n) is 3.42. The fourth-order valence-corrected chi connectivity index (χ4v) is 5.90. The maximum atomic E-state index is 14.0. The van der Waals surface area contributed by atoms with Gasteiger partial charge in [-0.25, -0.2) is 22.2 Å². The average molecular weight is 498 g/mol. The number of nitrogens with zero attached hydrogens (tertiary/aromatic N) is 3. The highest BCUT2D eigenvalue weighted by Crippen LogP contribution is 2.26. The van der Waals surface area contributed by atoms with Crippen LogP contribution in [0.4, 0.5) is 8.78 Å². The van der Waals surface area contributed by atoms with Crippen LogP contribution in [0.25, 0.3) is 10.6 Å². The summed E-state index contributed by atoms with van der Waals surface area (Å²) in [6.07, 6.45) is 0.0821. The van der Waals surface area contributed by atoms with E-state index in [1.54, 1.807) is 12.1 Å². The van der Waals surface area contributed by atoms with Gasteiger partial charge in [-0.05, 0) is 24.3 Å². The molecule has 0 aliphatic carbocycles. The summed E-state index contributed by atoms with van der Waals surface area (Å²) in [5.74, 6) is -2.46. The number of halogens is 3. The van der Waals surface area contributed by atoms with Gasteiger partial charge in [-0.15, -0.1) is 11.3 Å². The highest BCUT2D eigenvalue weighted by Gasteiger charge is 2.34. The Hall–Kier alpha value is -2.40. The van der Waals surface area contributed by atoms with Gasteiger partial charge in [0.15, 0.2) is 4.90 Å². The van der Waals surface area contributed by atoms with Gasteiger partial charge in [0.2, 0.25) is 15.9 Å². The number of benzene rings is 2. The van der Waals surface area contributed by atoms with Crippen LogP contribution in [-0.2, 0) is 21.2 Å². The average Bonchev–Trinajstić information content (AvgIpc) is 3.22. The van der Waals surface area contributed by atoms with Gasteiger partial charge < -0.3 is 4.90 Å². The number of rotatable bonds is 5. The van der Waals surface area contributed by atoms with Crippen LogP contribution in [0.2, 0.25) is 5.02 Å². The van der Waals surface area contributed by atoms with Gasteiger partial charge in [0.25, 0.3) is 0 Å². The van der Waals surface area contributed by atoms with Gasteiger partial charge in [0.1, 0.15) is 16.6 Å². The summed E-state index contributed by atoms with van der Waals surface area (Å²) in [7, 11) is -4.34. The second kappa shape index (κ2) is 9.22. The molecule has 6 nitrogen and oxygen atoms in total. The second-order valence-corrected chi connectivity index (χ2v) is 10.3. The van der Waals surface area contributed by atoms with E-state index >= 15 is 0 Å². The molecule has 4 rings (SSSR count). The van der Waals surface area contributed by atoms with Crippen molar-refractivity contribution in [1.29, 1.82) is 0 Å². The van der Waals surface area contributed by atoms with Gasteiger partial charge in [0, 0.05) is 42.1 Å². The molecule has 2 aromatic carbocycles. The predicted molar refractivity (Wildman–Crippen MR) is 118 cm³/mol. The first-order chi connectivity index (χ1) is 15.3. The summed E-state index contributed by atoms with van der Waals surface area (Å²) in [5, 5.41) is 3.20. The first-order valence-electron chi connectivity index (χ1n) is 9.68. The van der Waals surface area contributed by atoms with Crippen LogP contribution in [0.5, 0.6) is 0 Å². The molecular formula is C21H18ClF2N3O3S2. The SMILES string of the molecule is O=C(Cc1csc(-c2ccc(Cl)cc2)n1)N1CCN(S(=O)(=O)c2c(F)cccc2F)CC1. The highest BCUT2D eigenvalue weighted by molar-refractivity contribution is 7.89. The van der Waals surface area contributed by atoms with Gasteiger partial charge in [-0.3, -0.25) is 4.79 Å². The molecule has 1 aliphatic heterocycles. The third kappa shape index (κ3) is 4.68. The fraction of sp³-hybridized carbons (Fsp3) is 0.238. The van der Waals surface area contributed by atoms with E-state index in [-0.39, 0.29) is 38.5 Å². The maximum Gasteiger partial charge on any atom is 0.249 e. The minimum Gasteiger partial charge on any atom is -0.340 e. The van der Waals surface area contributed by atoms with Crippen LogP contribution in [0.15, 0.2) is 52.7 Å². The largest absolute Gasteiger partial charge is 0.340 e. The molecule has 0 N–H and O–H groups in total. The molecule has 1 aliphatic rings. The zero-order valence-corrected chi connectivity index (χ0v) is 19.1. The van der Waals surface area contributed by atoms with Crippen LogP contribution < -0.4 is 0 Å². The monoisotopic (exact) mass is 497 g/mol. The Kier molecular flexibility index (Phi) is 6.57. The van der Waals surface area contributed by atoms with Gasteiger partial charge >= 0.3 is 0 Å². The second-order valence-electron chi connectivity index (χ2n) is 7.16. The van der Waals surface area contributed by atoms with Crippen molar-refractivity contribution in [2.24, 2.45) is 0 Å². The molecule has 2 heterocycles. The van der Waals surface area contributed by atoms with Crippen LogP contribution >= 0.6 is 22.9 Å². The van der Waals surface area contributed by atoms with Crippen LogP contribution in [-0.4, -0.2) is 54.7 Å². The molecule has 1 aromatic heterocycles. The third-order valence-electron chi connectivity index (χ3n) is 5.08. The van der Waals surface area contributed by atoms with E-state index in [4.69, 9.17) is 11.6 Å². The van der Waals surface area contributed by atoms with Crippen LogP contribution in [0.1, 0.15) is 5.69 Å². The van der Waals surface area contributed by atoms with Crippen molar-refractivity contribution in [1.82, 2.24) is 14.2 Å². The maximum absolute atomic E-state index is 14.0. The lowest BCUT2D eigenvalue weighted by Crippen LogP contribution is -2.51. The normalized spacial score (nSPS) is 15.2. The van der Waals surface area contributed by atoms with Crippen LogP contribution in [0, 0.1) is 11.6 Å². The molecule has 0 radical (unpaired) electrons. The lowest BCUT2D eigenvalue weighted by Gasteiger charge is -2.34. The van der Waals surface area contributed by atoms with Gasteiger partial charge in [0.05, 0.1) is 12.1 Å². The molecule has 3 aromatic rings. The first kappa shape index (κ1) is 22.8. The summed E-state index contributed by atoms with van der Waals surface area (Å²) in [4.78, 5) is 17.7. The standard InChI is InChI=1S/C21H18ClF2N3O3S2/c22-15-6-4-14(5-7-15)21-25-16(13-31-21)12-19(28)26-8-10-27(11-9-26)32(29,30)20-17(23)2-1-3-18(20)24/h1-7,13H,8-12H2. The number of hydrogen-bond acceptors (Lipinski definition) is 5. The molecule has 1 amide bonds. The number of carbonyl (C=O) groups is 1. The summed E-state index contributed by atoms with van der Waals surface area (Å²) < 4.78 is 54.3. The minimum absolute atomic E-state index is 0.0467. The zero-order chi connectivity index (χ0) is 22.9. The Balaban J connectivity index is 1.38. The first-order valence-corrected chi connectivity index (χ1v) is 12.4. The number of piperazine rings is 1. The zero-order valence-electron chi connectivity index (χ0n) is 16.7. The van der Waals surface area contributed by atoms with Crippen molar-refractivity contribution in [2.45, 2.75) is 11.3 Å². The van der Waals surface area contributed by atoms with E-state index in [0.717, 1.165) is 33.1 Å². The Bertz CT molecular complexity index is 1220. The smallest absolute Gasteiger partial charge is 0.249 e. The number of amides is 1. The van der Waals surface area contributed by atoms with Crippen molar-refractivity contribution in [3.8, 4) is 10.6 Å². The number of thiazole rings is 1. The summed E-state index contributed by atoms with van der Waals surface area (Å²) in [5.41, 5.74) is 1.52. The van der Waals surface area contributed by atoms with E-state index < -0.39 is 26.6 Å². The quantitative estimate of drug-likeness (QED) is 0.537. The lowest BCUT2D eigenvalue weighted by atomic mass is 10.2. The molecule has 0 saturated carbocycles. The molecule has 0 spiro atoms. The topological polar surface area (TPSA) is 70.6 Å². The number of aromatic nitrogens is 1. The third-order valence-corrected chi connectivity index (χ3v) is 8.23. The lowest BCUT2D eigenvalue weighted by molar-refractivity contribution is -0.131. The number of carbonyl (C=O) groups excluding carboxylic acids is 1. The van der Waals surface area contributed by atoms with Crippen molar-refractivity contribution in [2.75, 3.05) is 26.2 Å². The Labute approximate surface area is 193 Å². The Morgan fingerprint density at radius 2 is 1.66 bits per heavy atom. The van der Waals surface area contributed by atoms with Crippen LogP contribution in [0.3, 0.4) is 0 Å². The van der Waals surface area contributed by atoms with Crippen molar-refractivity contribution in [3.05, 3.63) is 70.2 Å². The predicted octanol–water partition coefficient (Wildman–Crippen LogP) is 3.82. The Morgan fingerprint density at radius 1 is 1.03 bits per heavy atom. The summed E-state index contributed by atoms with van der Waals surface area (Å²) in [6, 6.07) is 10.2. The Morgan fingerprint density at radius 3 is 2.28 bits per heavy atom. The molecule has 32 heavy (non-hydrogen) atoms. The van der Waals surface area contributed by atoms with E-state index in [0.29, 0.717) is 10.7 Å². The molecular weight excluding hydrogens is 480 g/mol. The van der Waals surface area contributed by atoms with E-state index in [2.05, 4.69) is 4.98 Å². The van der Waals surface area contributed by atoms with Gasteiger partial charge in [-0.1, -0.05) is 29.8 Å². The molecule has 1 saturated heterocycles. The molecule has 0 bridgehead atoms. The van der Waals surface area contributed by atoms with E-state index in [1.807, 2.05) is 17.5 Å². The molecule has 11 heteroatoms. The summed E-state index contributed by atoms with van der Waals surface area (Å²) >= 11 is 7.32. The summed E-state index contributed by atoms with van der Waals surface area (Å²) in [6.45, 7) is 0.161. The van der Waals surface area contributed by atoms with Crippen molar-refractivity contribution in [3.63, 3.8) is 0 Å². The number of hydrogen-bond donors (Lipinski definition) is 0. The molecule has 0 unspecified atom stereocenters. The van der Waals surface area contributed by atoms with E-state index in [1.165, 1.54) is 16.2 Å². The highest BCUT2D eigenvalue weighted by atomic mass is 35.5. The molecule has 168 valence electrons. The molecule has 1 fully saturated rings. The molecule has 0 atom stereocenters. The van der Waals surface area contributed by atoms with Gasteiger partial charge in [-0.2, -0.15) is 4.31 Å². The van der Waals surface area contributed by atoms with Crippen molar-refractivity contribution < 1.29 is 22.0 Å². The number of sulfonamides is 1. The minimum atomic E-state index is -4.34. The van der Waals surface area contributed by atoms with Crippen molar-refractivity contribution >= 4 is 38.9 Å². The van der Waals surface area contributed by atoms with E-state index in [9.17, 15) is 22.0 Å².